The second-order valence-electron chi connectivity index (χ2n) is 0.911. The average molecular weight is 170 g/mol. The van der Waals surface area contributed by atoms with Crippen LogP contribution in [0.15, 0.2) is 0 Å². The Labute approximate surface area is 70.6 Å². The molecule has 0 unspecified atom stereocenters. The summed E-state index contributed by atoms with van der Waals surface area (Å²) in [4.78, 5) is 0. The second kappa shape index (κ2) is 24.8. The molecule has 0 aliphatic heterocycles. The zero-order valence-electron chi connectivity index (χ0n) is 5.64. The molecule has 0 aliphatic rings. The van der Waals surface area contributed by atoms with Crippen LogP contribution in [0, 0.1) is 21.8 Å². The fraction of sp³-hybridized carbons (Fsp3) is 0.500. The Hall–Kier alpha value is 0.882. The fourth-order valence-corrected chi connectivity index (χ4v) is 0.306. The number of unbranched alkanes of at least 4 members (excludes halogenated alkanes) is 1. The predicted molar refractivity (Wildman–Crippen MR) is 39.7 cm³/mol. The molecule has 0 aromatic carbocycles. The first kappa shape index (κ1) is 23.2. The molecule has 0 heterocycles. The molecule has 0 bridgehead atoms. The fourth-order valence-electron chi connectivity index (χ4n) is 0.102. The monoisotopic (exact) mass is 170 g/mol. The van der Waals surface area contributed by atoms with Gasteiger partial charge >= 0.3 is 17.4 Å². The van der Waals surface area contributed by atoms with E-state index < -0.39 is 0 Å². The van der Waals surface area contributed by atoms with Gasteiger partial charge in [0, 0.05) is 0 Å². The van der Waals surface area contributed by atoms with Crippen molar-refractivity contribution in [1.29, 1.82) is 0 Å². The van der Waals surface area contributed by atoms with Crippen molar-refractivity contribution in [1.82, 2.24) is 0 Å². The molecule has 0 aromatic heterocycles. The SMILES string of the molecule is [CH2-]CCC[S-].[CH3-].[CH3-].[Cr+4]. The average Bonchev–Trinajstić information content (AvgIpc) is 1.41. The van der Waals surface area contributed by atoms with E-state index in [1.807, 2.05) is 0 Å². The summed E-state index contributed by atoms with van der Waals surface area (Å²) < 4.78 is 0. The summed E-state index contributed by atoms with van der Waals surface area (Å²) in [6.07, 6.45) is 2.08. The van der Waals surface area contributed by atoms with Crippen LogP contribution < -0.4 is 0 Å². The van der Waals surface area contributed by atoms with Gasteiger partial charge in [-0.3, -0.25) is 0 Å². The molecule has 2 heteroatoms. The van der Waals surface area contributed by atoms with Crippen LogP contribution in [0.2, 0.25) is 0 Å². The molecule has 0 rings (SSSR count). The van der Waals surface area contributed by atoms with Crippen LogP contribution in [0.3, 0.4) is 0 Å². The van der Waals surface area contributed by atoms with Crippen LogP contribution in [0.5, 0.6) is 0 Å². The summed E-state index contributed by atoms with van der Waals surface area (Å²) in [5.74, 6) is 0.865. The van der Waals surface area contributed by atoms with Crippen LogP contribution in [-0.2, 0) is 30.0 Å². The molecular weight excluding hydrogens is 156 g/mol. The Balaban J connectivity index is -0.0000000267. The molecular formula is C6H14CrS. The first-order valence-electron chi connectivity index (χ1n) is 1.79. The third kappa shape index (κ3) is 28.7. The van der Waals surface area contributed by atoms with E-state index in [-0.39, 0.29) is 32.2 Å². The molecule has 8 heavy (non-hydrogen) atoms. The van der Waals surface area contributed by atoms with E-state index >= 15 is 0 Å². The van der Waals surface area contributed by atoms with E-state index in [1.54, 1.807) is 0 Å². The number of hydrogen-bond donors (Lipinski definition) is 0. The Morgan fingerprint density at radius 2 is 1.62 bits per heavy atom. The van der Waals surface area contributed by atoms with Gasteiger partial charge in [-0.15, -0.1) is 6.42 Å². The van der Waals surface area contributed by atoms with Crippen molar-refractivity contribution in [3.8, 4) is 0 Å². The second-order valence-corrected chi connectivity index (χ2v) is 1.32. The van der Waals surface area contributed by atoms with E-state index in [0.29, 0.717) is 0 Å². The molecule has 0 aliphatic carbocycles. The Morgan fingerprint density at radius 1 is 1.25 bits per heavy atom. The zero-order chi connectivity index (χ0) is 4.12. The molecule has 0 saturated heterocycles. The Bertz CT molecular complexity index is 16.0. The topological polar surface area (TPSA) is 0 Å². The minimum atomic E-state index is 0. The van der Waals surface area contributed by atoms with Gasteiger partial charge < -0.3 is 34.4 Å². The maximum atomic E-state index is 4.61. The molecule has 0 atom stereocenters. The van der Waals surface area contributed by atoms with Crippen molar-refractivity contribution in [3.63, 3.8) is 0 Å². The normalized spacial score (nSPS) is 5.25. The zero-order valence-corrected chi connectivity index (χ0v) is 7.74. The van der Waals surface area contributed by atoms with Crippen molar-refractivity contribution in [2.45, 2.75) is 12.8 Å². The van der Waals surface area contributed by atoms with Gasteiger partial charge in [-0.25, -0.2) is 0 Å². The summed E-state index contributed by atoms with van der Waals surface area (Å²) in [5, 5.41) is 0. The summed E-state index contributed by atoms with van der Waals surface area (Å²) in [5.41, 5.74) is 0. The van der Waals surface area contributed by atoms with Crippen molar-refractivity contribution in [3.05, 3.63) is 21.8 Å². The van der Waals surface area contributed by atoms with Gasteiger partial charge in [0.25, 0.3) is 0 Å². The first-order chi connectivity index (χ1) is 2.41. The molecule has 50 valence electrons. The van der Waals surface area contributed by atoms with E-state index in [9.17, 15) is 0 Å². The van der Waals surface area contributed by atoms with Gasteiger partial charge in [-0.1, -0.05) is 0 Å². The summed E-state index contributed by atoms with van der Waals surface area (Å²) in [6, 6.07) is 0. The summed E-state index contributed by atoms with van der Waals surface area (Å²) >= 11 is 4.61. The van der Waals surface area contributed by atoms with Crippen molar-refractivity contribution in [2.24, 2.45) is 0 Å². The molecule has 0 spiro atoms. The molecule has 0 N–H and O–H groups in total. The van der Waals surface area contributed by atoms with Gasteiger partial charge in [0.05, 0.1) is 0 Å². The van der Waals surface area contributed by atoms with Crippen LogP contribution in [0.1, 0.15) is 12.8 Å². The van der Waals surface area contributed by atoms with E-state index in [4.69, 9.17) is 0 Å². The van der Waals surface area contributed by atoms with Crippen LogP contribution >= 0.6 is 0 Å². The van der Waals surface area contributed by atoms with Gasteiger partial charge in [-0.05, 0) is 0 Å². The quantitative estimate of drug-likeness (QED) is 0.451. The molecule has 0 nitrogen and oxygen atoms in total. The van der Waals surface area contributed by atoms with Crippen molar-refractivity contribution >= 4 is 12.6 Å². The maximum Gasteiger partial charge on any atom is 4.00 e. The molecule has 0 saturated carbocycles. The Morgan fingerprint density at radius 3 is 1.62 bits per heavy atom. The first-order valence-corrected chi connectivity index (χ1v) is 2.37. The number of rotatable bonds is 2. The predicted octanol–water partition coefficient (Wildman–Crippen LogP) is 2.05. The van der Waals surface area contributed by atoms with E-state index in [0.717, 1.165) is 18.6 Å². The van der Waals surface area contributed by atoms with E-state index in [1.165, 1.54) is 0 Å². The van der Waals surface area contributed by atoms with E-state index in [2.05, 4.69) is 19.6 Å². The van der Waals surface area contributed by atoms with Crippen molar-refractivity contribution in [2.75, 3.05) is 5.75 Å². The summed E-state index contributed by atoms with van der Waals surface area (Å²) in [6.45, 7) is 3.61. The van der Waals surface area contributed by atoms with Crippen LogP contribution in [0.25, 0.3) is 0 Å². The minimum absolute atomic E-state index is 0. The third-order valence-corrected chi connectivity index (χ3v) is 0.683. The molecule has 0 fully saturated rings. The van der Waals surface area contributed by atoms with Gasteiger partial charge in [-0.2, -0.15) is 12.2 Å². The maximum absolute atomic E-state index is 4.61. The largest absolute Gasteiger partial charge is 4.00 e. The Kier molecular flexibility index (Phi) is 71.7. The van der Waals surface area contributed by atoms with Gasteiger partial charge in [0.15, 0.2) is 0 Å². The third-order valence-electron chi connectivity index (χ3n) is 0.394. The standard InChI is InChI=1S/C4H9S.2CH3.Cr/c1-2-3-4-5;;;/h5H,1-4H2;2*1H3;/q3*-1;+4/p-1. The van der Waals surface area contributed by atoms with Gasteiger partial charge in [0.2, 0.25) is 0 Å². The van der Waals surface area contributed by atoms with Crippen LogP contribution in [0.4, 0.5) is 0 Å². The number of hydrogen-bond acceptors (Lipinski definition) is 1. The molecule has 0 aromatic rings. The minimum Gasteiger partial charge on any atom is -0.793 e. The summed E-state index contributed by atoms with van der Waals surface area (Å²) in [7, 11) is 0. The molecule has 0 amide bonds. The smallest absolute Gasteiger partial charge is 0.793 e. The van der Waals surface area contributed by atoms with Gasteiger partial charge in [0.1, 0.15) is 0 Å². The van der Waals surface area contributed by atoms with Crippen molar-refractivity contribution < 1.29 is 17.4 Å². The molecule has 0 radical (unpaired) electrons. The van der Waals surface area contributed by atoms with Crippen LogP contribution in [-0.4, -0.2) is 5.75 Å².